The lowest BCUT2D eigenvalue weighted by atomic mass is 10.0. The number of hydrogen-bond acceptors (Lipinski definition) is 6. The van der Waals surface area contributed by atoms with E-state index in [1.54, 1.807) is 0 Å². The van der Waals surface area contributed by atoms with Crippen LogP contribution >= 0.6 is 23.6 Å². The van der Waals surface area contributed by atoms with Crippen LogP contribution in [0.5, 0.6) is 0 Å². The quantitative estimate of drug-likeness (QED) is 0.464. The number of nitrogens with zero attached hydrogens (tertiary/aromatic N) is 3. The van der Waals surface area contributed by atoms with E-state index in [0.717, 1.165) is 53.0 Å². The summed E-state index contributed by atoms with van der Waals surface area (Å²) in [5.41, 5.74) is 2.41. The number of esters is 1. The molecular formula is C23H24N4O2S2. The molecule has 3 heterocycles. The SMILES string of the molecule is COC(=O)c1c(NC(=S)N2CCN(c3ccccn3)CC2)sc(C)c1-c1ccccc1. The van der Waals surface area contributed by atoms with Gasteiger partial charge in [-0.25, -0.2) is 9.78 Å². The Balaban J connectivity index is 1.52. The first-order valence-corrected chi connectivity index (χ1v) is 11.3. The van der Waals surface area contributed by atoms with Crippen molar-refractivity contribution in [3.05, 3.63) is 65.2 Å². The number of thiocarbonyl (C=S) groups is 1. The zero-order valence-corrected chi connectivity index (χ0v) is 19.1. The van der Waals surface area contributed by atoms with Crippen molar-refractivity contribution in [3.8, 4) is 11.1 Å². The first-order valence-electron chi connectivity index (χ1n) is 10.1. The molecule has 0 aliphatic carbocycles. The van der Waals surface area contributed by atoms with Gasteiger partial charge in [-0.15, -0.1) is 11.3 Å². The summed E-state index contributed by atoms with van der Waals surface area (Å²) in [6.45, 7) is 5.25. The second kappa shape index (κ2) is 9.45. The molecule has 1 saturated heterocycles. The molecule has 0 amide bonds. The van der Waals surface area contributed by atoms with Crippen LogP contribution in [0.4, 0.5) is 10.8 Å². The lowest BCUT2D eigenvalue weighted by Crippen LogP contribution is -2.50. The molecule has 0 atom stereocenters. The number of hydrogen-bond donors (Lipinski definition) is 1. The van der Waals surface area contributed by atoms with Gasteiger partial charge in [-0.1, -0.05) is 36.4 Å². The minimum absolute atomic E-state index is 0.367. The van der Waals surface area contributed by atoms with Crippen LogP contribution in [-0.2, 0) is 4.74 Å². The maximum absolute atomic E-state index is 12.7. The normalized spacial score (nSPS) is 13.7. The summed E-state index contributed by atoms with van der Waals surface area (Å²) in [4.78, 5) is 22.5. The highest BCUT2D eigenvalue weighted by Gasteiger charge is 2.26. The van der Waals surface area contributed by atoms with Gasteiger partial charge in [0.25, 0.3) is 0 Å². The van der Waals surface area contributed by atoms with Gasteiger partial charge >= 0.3 is 5.97 Å². The van der Waals surface area contributed by atoms with E-state index in [1.165, 1.54) is 18.4 Å². The molecule has 1 N–H and O–H groups in total. The molecule has 0 saturated carbocycles. The van der Waals surface area contributed by atoms with Gasteiger partial charge in [0, 0.05) is 42.8 Å². The van der Waals surface area contributed by atoms with Crippen molar-refractivity contribution in [1.82, 2.24) is 9.88 Å². The lowest BCUT2D eigenvalue weighted by molar-refractivity contribution is 0.0603. The van der Waals surface area contributed by atoms with Gasteiger partial charge in [0.2, 0.25) is 0 Å². The Labute approximate surface area is 191 Å². The predicted molar refractivity (Wildman–Crippen MR) is 130 cm³/mol. The molecule has 0 spiro atoms. The van der Waals surface area contributed by atoms with Crippen molar-refractivity contribution in [2.24, 2.45) is 0 Å². The van der Waals surface area contributed by atoms with Gasteiger partial charge in [-0.05, 0) is 36.8 Å². The fourth-order valence-corrected chi connectivity index (χ4v) is 5.15. The van der Waals surface area contributed by atoms with Crippen LogP contribution in [-0.4, -0.2) is 54.3 Å². The summed E-state index contributed by atoms with van der Waals surface area (Å²) in [5, 5.41) is 4.66. The number of benzene rings is 1. The molecule has 8 heteroatoms. The number of anilines is 2. The zero-order chi connectivity index (χ0) is 21.8. The van der Waals surface area contributed by atoms with Crippen LogP contribution < -0.4 is 10.2 Å². The monoisotopic (exact) mass is 452 g/mol. The van der Waals surface area contributed by atoms with Crippen molar-refractivity contribution >= 4 is 45.5 Å². The standard InChI is InChI=1S/C23H24N4O2S2/c1-16-19(17-8-4-3-5-9-17)20(22(28)29-2)21(31-16)25-23(30)27-14-12-26(13-15-27)18-10-6-7-11-24-18/h3-11H,12-15H2,1-2H3,(H,25,30). The summed E-state index contributed by atoms with van der Waals surface area (Å²) in [5.74, 6) is 0.615. The lowest BCUT2D eigenvalue weighted by Gasteiger charge is -2.36. The van der Waals surface area contributed by atoms with Crippen molar-refractivity contribution in [2.45, 2.75) is 6.92 Å². The van der Waals surface area contributed by atoms with Gasteiger partial charge in [0.05, 0.1) is 7.11 Å². The fraction of sp³-hybridized carbons (Fsp3) is 0.261. The first kappa shape index (κ1) is 21.3. The van der Waals surface area contributed by atoms with E-state index >= 15 is 0 Å². The molecule has 6 nitrogen and oxygen atoms in total. The van der Waals surface area contributed by atoms with Crippen molar-refractivity contribution < 1.29 is 9.53 Å². The average molecular weight is 453 g/mol. The van der Waals surface area contributed by atoms with Crippen molar-refractivity contribution in [1.29, 1.82) is 0 Å². The Morgan fingerprint density at radius 2 is 1.81 bits per heavy atom. The number of piperazine rings is 1. The molecule has 1 aromatic carbocycles. The topological polar surface area (TPSA) is 57.7 Å². The number of methoxy groups -OCH3 is 1. The molecule has 0 unspecified atom stereocenters. The molecular weight excluding hydrogens is 428 g/mol. The fourth-order valence-electron chi connectivity index (χ4n) is 3.74. The highest BCUT2D eigenvalue weighted by atomic mass is 32.1. The molecule has 1 fully saturated rings. The number of carbonyl (C=O) groups excluding carboxylic acids is 1. The maximum atomic E-state index is 12.7. The number of thiophene rings is 1. The highest BCUT2D eigenvalue weighted by molar-refractivity contribution is 7.80. The van der Waals surface area contributed by atoms with Gasteiger partial charge in [-0.3, -0.25) is 0 Å². The van der Waals surface area contributed by atoms with E-state index in [1.807, 2.05) is 61.7 Å². The number of aromatic nitrogens is 1. The second-order valence-electron chi connectivity index (χ2n) is 7.19. The minimum atomic E-state index is -0.367. The predicted octanol–water partition coefficient (Wildman–Crippen LogP) is 4.42. The molecule has 4 rings (SSSR count). The van der Waals surface area contributed by atoms with Crippen LogP contribution in [0.3, 0.4) is 0 Å². The number of aryl methyl sites for hydroxylation is 1. The van der Waals surface area contributed by atoms with E-state index in [0.29, 0.717) is 10.7 Å². The summed E-state index contributed by atoms with van der Waals surface area (Å²) in [6.07, 6.45) is 1.81. The van der Waals surface area contributed by atoms with Crippen LogP contribution in [0.15, 0.2) is 54.7 Å². The maximum Gasteiger partial charge on any atom is 0.341 e. The van der Waals surface area contributed by atoms with E-state index in [9.17, 15) is 4.79 Å². The Kier molecular flexibility index (Phi) is 6.48. The molecule has 1 aliphatic rings. The van der Waals surface area contributed by atoms with Gasteiger partial charge in [-0.2, -0.15) is 0 Å². The van der Waals surface area contributed by atoms with E-state index < -0.39 is 0 Å². The smallest absolute Gasteiger partial charge is 0.341 e. The summed E-state index contributed by atoms with van der Waals surface area (Å²) in [7, 11) is 1.41. The van der Waals surface area contributed by atoms with Crippen molar-refractivity contribution in [2.75, 3.05) is 43.5 Å². The van der Waals surface area contributed by atoms with E-state index in [-0.39, 0.29) is 5.97 Å². The van der Waals surface area contributed by atoms with Crippen LogP contribution in [0.1, 0.15) is 15.2 Å². The van der Waals surface area contributed by atoms with E-state index in [4.69, 9.17) is 17.0 Å². The summed E-state index contributed by atoms with van der Waals surface area (Å²) < 4.78 is 5.10. The number of rotatable bonds is 4. The van der Waals surface area contributed by atoms with Crippen LogP contribution in [0.2, 0.25) is 0 Å². The minimum Gasteiger partial charge on any atom is -0.465 e. The number of nitrogens with one attached hydrogen (secondary N) is 1. The Bertz CT molecular complexity index is 1060. The van der Waals surface area contributed by atoms with Gasteiger partial charge < -0.3 is 19.9 Å². The van der Waals surface area contributed by atoms with Crippen LogP contribution in [0.25, 0.3) is 11.1 Å². The second-order valence-corrected chi connectivity index (χ2v) is 8.80. The van der Waals surface area contributed by atoms with Crippen LogP contribution in [0, 0.1) is 6.92 Å². The van der Waals surface area contributed by atoms with Gasteiger partial charge in [0.15, 0.2) is 5.11 Å². The van der Waals surface area contributed by atoms with Gasteiger partial charge in [0.1, 0.15) is 16.4 Å². The Morgan fingerprint density at radius 1 is 1.10 bits per heavy atom. The zero-order valence-electron chi connectivity index (χ0n) is 17.5. The Morgan fingerprint density at radius 3 is 2.45 bits per heavy atom. The summed E-state index contributed by atoms with van der Waals surface area (Å²) >= 11 is 7.22. The molecule has 160 valence electrons. The highest BCUT2D eigenvalue weighted by Crippen LogP contribution is 2.40. The van der Waals surface area contributed by atoms with Crippen molar-refractivity contribution in [3.63, 3.8) is 0 Å². The number of pyridine rings is 1. The molecule has 3 aromatic rings. The Hall–Kier alpha value is -2.97. The molecule has 0 radical (unpaired) electrons. The summed E-state index contributed by atoms with van der Waals surface area (Å²) in [6, 6.07) is 15.8. The molecule has 2 aromatic heterocycles. The molecule has 0 bridgehead atoms. The number of carbonyl (C=O) groups is 1. The molecule has 31 heavy (non-hydrogen) atoms. The third-order valence-corrected chi connectivity index (χ3v) is 6.68. The third kappa shape index (κ3) is 4.55. The largest absolute Gasteiger partial charge is 0.465 e. The average Bonchev–Trinajstić information content (AvgIpc) is 3.15. The third-order valence-electron chi connectivity index (χ3n) is 5.30. The number of ether oxygens (including phenoxy) is 1. The van der Waals surface area contributed by atoms with E-state index in [2.05, 4.69) is 20.1 Å². The molecule has 1 aliphatic heterocycles. The first-order chi connectivity index (χ1) is 15.1.